The van der Waals surface area contributed by atoms with Crippen LogP contribution < -0.4 is 15.9 Å². The van der Waals surface area contributed by atoms with E-state index in [9.17, 15) is 52.7 Å². The Morgan fingerprint density at radius 3 is 0.588 bits per heavy atom. The Bertz CT molecular complexity index is 1110. The summed E-state index contributed by atoms with van der Waals surface area (Å²) in [5.74, 6) is -27.9. The first kappa shape index (κ1) is 25.9. The van der Waals surface area contributed by atoms with Crippen molar-refractivity contribution in [2.75, 3.05) is 0 Å². The van der Waals surface area contributed by atoms with E-state index in [4.69, 9.17) is 0 Å². The van der Waals surface area contributed by atoms with E-state index in [1.165, 1.54) is 0 Å². The number of hydrogen-bond acceptors (Lipinski definition) is 0. The summed E-state index contributed by atoms with van der Waals surface area (Å²) >= 11 is 0. The van der Waals surface area contributed by atoms with Gasteiger partial charge in [0.05, 0.1) is 15.9 Å². The SMILES string of the molecule is Cc1c(F)c(F)c(P(c2c(F)c(F)c(C)c(F)c2F)c2c(F)c(F)c(C)c(F)c2F)c(F)c1F. The third-order valence-electron chi connectivity index (χ3n) is 5.05. The average Bonchev–Trinajstić information content (AvgIpc) is 2.81. The lowest BCUT2D eigenvalue weighted by Crippen LogP contribution is -2.36. The average molecular weight is 520 g/mol. The highest BCUT2D eigenvalue weighted by molar-refractivity contribution is 7.79. The number of hydrogen-bond donors (Lipinski definition) is 0. The second-order valence-electron chi connectivity index (χ2n) is 7.02. The summed E-state index contributed by atoms with van der Waals surface area (Å²) in [5.41, 5.74) is -3.92. The Morgan fingerprint density at radius 2 is 0.441 bits per heavy atom. The molecule has 0 amide bonds. The van der Waals surface area contributed by atoms with Gasteiger partial charge in [-0.3, -0.25) is 0 Å². The van der Waals surface area contributed by atoms with Gasteiger partial charge in [0.25, 0.3) is 0 Å². The van der Waals surface area contributed by atoms with Gasteiger partial charge in [0.1, 0.15) is 0 Å². The molecule has 0 bridgehead atoms. The van der Waals surface area contributed by atoms with Crippen LogP contribution in [0.5, 0.6) is 0 Å². The molecule has 0 unspecified atom stereocenters. The number of halogens is 12. The second-order valence-corrected chi connectivity index (χ2v) is 9.04. The van der Waals surface area contributed by atoms with Crippen LogP contribution in [0.25, 0.3) is 0 Å². The van der Waals surface area contributed by atoms with Crippen LogP contribution >= 0.6 is 7.92 Å². The van der Waals surface area contributed by atoms with Crippen LogP contribution in [0, 0.1) is 90.6 Å². The van der Waals surface area contributed by atoms with Gasteiger partial charge in [0, 0.05) is 24.6 Å². The zero-order valence-corrected chi connectivity index (χ0v) is 17.9. The van der Waals surface area contributed by atoms with E-state index in [-0.39, 0.29) is 0 Å². The van der Waals surface area contributed by atoms with Crippen LogP contribution in [0.1, 0.15) is 16.7 Å². The molecule has 0 nitrogen and oxygen atoms in total. The third-order valence-corrected chi connectivity index (χ3v) is 7.57. The lowest BCUT2D eigenvalue weighted by molar-refractivity contribution is 0.449. The van der Waals surface area contributed by atoms with Crippen LogP contribution in [-0.2, 0) is 0 Å². The molecule has 0 heterocycles. The van der Waals surface area contributed by atoms with E-state index in [1.54, 1.807) is 0 Å². The molecule has 3 rings (SSSR count). The fraction of sp³-hybridized carbons (Fsp3) is 0.143. The molecule has 0 radical (unpaired) electrons. The molecule has 0 aliphatic rings. The lowest BCUT2D eigenvalue weighted by atomic mass is 10.2. The van der Waals surface area contributed by atoms with Crippen molar-refractivity contribution in [3.8, 4) is 0 Å². The predicted molar refractivity (Wildman–Crippen MR) is 98.9 cm³/mol. The lowest BCUT2D eigenvalue weighted by Gasteiger charge is -2.24. The highest BCUT2D eigenvalue weighted by Crippen LogP contribution is 2.42. The maximum Gasteiger partial charge on any atom is 0.170 e. The number of benzene rings is 3. The molecule has 0 aromatic heterocycles. The molecule has 3 aromatic carbocycles. The fourth-order valence-electron chi connectivity index (χ4n) is 3.11. The maximum absolute atomic E-state index is 14.8. The van der Waals surface area contributed by atoms with E-state index in [1.807, 2.05) is 0 Å². The molecule has 13 heteroatoms. The Hall–Kier alpha value is -2.75. The van der Waals surface area contributed by atoms with Crippen molar-refractivity contribution in [3.05, 3.63) is 86.5 Å². The van der Waals surface area contributed by atoms with E-state index in [0.717, 1.165) is 0 Å². The van der Waals surface area contributed by atoms with Crippen molar-refractivity contribution in [2.45, 2.75) is 20.8 Å². The van der Waals surface area contributed by atoms with Gasteiger partial charge in [-0.1, -0.05) is 0 Å². The van der Waals surface area contributed by atoms with Gasteiger partial charge in [0.15, 0.2) is 69.8 Å². The van der Waals surface area contributed by atoms with Crippen molar-refractivity contribution >= 4 is 23.8 Å². The van der Waals surface area contributed by atoms with Gasteiger partial charge in [-0.05, 0) is 20.8 Å². The quantitative estimate of drug-likeness (QED) is 0.225. The molecule has 3 aromatic rings. The summed E-state index contributed by atoms with van der Waals surface area (Å²) in [6.45, 7) is 1.59. The van der Waals surface area contributed by atoms with Crippen molar-refractivity contribution in [2.24, 2.45) is 0 Å². The Kier molecular flexibility index (Phi) is 6.69. The van der Waals surface area contributed by atoms with Gasteiger partial charge in [-0.2, -0.15) is 0 Å². The van der Waals surface area contributed by atoms with E-state index in [2.05, 4.69) is 0 Å². The Balaban J connectivity index is 2.68. The summed E-state index contributed by atoms with van der Waals surface area (Å²) < 4.78 is 174. The topological polar surface area (TPSA) is 0 Å². The van der Waals surface area contributed by atoms with E-state index >= 15 is 0 Å². The predicted octanol–water partition coefficient (Wildman–Crippen LogP) is 6.04. The molecule has 0 fully saturated rings. The highest BCUT2D eigenvalue weighted by Gasteiger charge is 2.41. The first-order chi connectivity index (χ1) is 15.7. The third kappa shape index (κ3) is 3.54. The summed E-state index contributed by atoms with van der Waals surface area (Å²) in [5, 5.41) is -6.38. The van der Waals surface area contributed by atoms with Crippen LogP contribution in [0.2, 0.25) is 0 Å². The Labute approximate surface area is 184 Å². The van der Waals surface area contributed by atoms with Gasteiger partial charge >= 0.3 is 0 Å². The monoisotopic (exact) mass is 520 g/mol. The largest absolute Gasteiger partial charge is 0.203 e. The van der Waals surface area contributed by atoms with E-state index in [0.29, 0.717) is 20.8 Å². The first-order valence-corrected chi connectivity index (χ1v) is 10.3. The molecule has 34 heavy (non-hydrogen) atoms. The van der Waals surface area contributed by atoms with Gasteiger partial charge in [0.2, 0.25) is 0 Å². The zero-order valence-electron chi connectivity index (χ0n) is 17.0. The zero-order chi connectivity index (χ0) is 26.0. The summed E-state index contributed by atoms with van der Waals surface area (Å²) in [6, 6.07) is 0. The molecular formula is C21H9F12P. The molecule has 0 N–H and O–H groups in total. The van der Waals surface area contributed by atoms with Crippen LogP contribution in [-0.4, -0.2) is 0 Å². The maximum atomic E-state index is 14.8. The summed E-state index contributed by atoms with van der Waals surface area (Å²) in [7, 11) is -4.40. The summed E-state index contributed by atoms with van der Waals surface area (Å²) in [6.07, 6.45) is 0. The fourth-order valence-corrected chi connectivity index (χ4v) is 5.55. The molecule has 0 saturated heterocycles. The summed E-state index contributed by atoms with van der Waals surface area (Å²) in [4.78, 5) is 0. The first-order valence-electron chi connectivity index (χ1n) is 8.94. The smallest absolute Gasteiger partial charge is 0.170 e. The molecule has 182 valence electrons. The normalized spacial score (nSPS) is 11.6. The van der Waals surface area contributed by atoms with Crippen molar-refractivity contribution in [3.63, 3.8) is 0 Å². The van der Waals surface area contributed by atoms with Crippen LogP contribution in [0.3, 0.4) is 0 Å². The van der Waals surface area contributed by atoms with Crippen molar-refractivity contribution in [1.82, 2.24) is 0 Å². The van der Waals surface area contributed by atoms with Gasteiger partial charge in [-0.15, -0.1) is 0 Å². The molecular weight excluding hydrogens is 511 g/mol. The molecule has 0 aliphatic carbocycles. The second kappa shape index (κ2) is 8.79. The minimum atomic E-state index is -4.40. The van der Waals surface area contributed by atoms with Crippen molar-refractivity contribution < 1.29 is 52.7 Å². The molecule has 0 spiro atoms. The minimum Gasteiger partial charge on any atom is -0.203 e. The standard InChI is InChI=1S/C21H9F12P/c1-4-7(22)13(28)19(14(29)8(4)23)34(20-15(30)9(24)5(2)10(25)16(20)31)21-17(32)11(26)6(3)12(27)18(21)33/h1-3H3. The minimum absolute atomic E-state index is 0.529. The Morgan fingerprint density at radius 1 is 0.294 bits per heavy atom. The van der Waals surface area contributed by atoms with Gasteiger partial charge in [-0.25, -0.2) is 52.7 Å². The van der Waals surface area contributed by atoms with Crippen LogP contribution in [0.15, 0.2) is 0 Å². The van der Waals surface area contributed by atoms with Crippen LogP contribution in [0.4, 0.5) is 52.7 Å². The highest BCUT2D eigenvalue weighted by atomic mass is 31.1. The molecule has 0 aliphatic heterocycles. The van der Waals surface area contributed by atoms with E-state index < -0.39 is 110 Å². The van der Waals surface area contributed by atoms with Crippen molar-refractivity contribution in [1.29, 1.82) is 0 Å². The number of rotatable bonds is 3. The molecule has 0 saturated carbocycles. The van der Waals surface area contributed by atoms with Gasteiger partial charge < -0.3 is 0 Å². The molecule has 0 atom stereocenters.